The average molecular weight is 587 g/mol. The van der Waals surface area contributed by atoms with Gasteiger partial charge in [0.05, 0.1) is 0 Å². The van der Waals surface area contributed by atoms with E-state index in [4.69, 9.17) is 4.79 Å². The number of hydrogen-bond acceptors (Lipinski definition) is 6. The molecule has 0 unspecified atom stereocenters. The van der Waals surface area contributed by atoms with Crippen molar-refractivity contribution in [3.63, 3.8) is 0 Å². The van der Waals surface area contributed by atoms with Gasteiger partial charge in [-0.25, -0.2) is 0 Å². The fourth-order valence-electron chi connectivity index (χ4n) is 0.676. The molecule has 0 aliphatic heterocycles. The van der Waals surface area contributed by atoms with E-state index < -0.39 is 0 Å². The van der Waals surface area contributed by atoms with Crippen molar-refractivity contribution in [3.8, 4) is 0 Å². The van der Waals surface area contributed by atoms with Crippen LogP contribution in [0.1, 0.15) is 180 Å². The fourth-order valence-corrected chi connectivity index (χ4v) is 0.676. The van der Waals surface area contributed by atoms with Gasteiger partial charge in [-0.1, -0.05) is 118 Å². The Morgan fingerprint density at radius 2 is 0.800 bits per heavy atom. The largest absolute Gasteiger partial charge is 0.304 e. The summed E-state index contributed by atoms with van der Waals surface area (Å²) in [6.07, 6.45) is 12.4. The topological polar surface area (TPSA) is 102 Å². The summed E-state index contributed by atoms with van der Waals surface area (Å²) in [5, 5.41) is 0. The van der Waals surface area contributed by atoms with Gasteiger partial charge in [-0.05, 0) is 40.5 Å². The Morgan fingerprint density at radius 3 is 0.800 bits per heavy atom. The van der Waals surface area contributed by atoms with E-state index in [2.05, 4.69) is 27.4 Å². The van der Waals surface area contributed by atoms with Crippen molar-refractivity contribution in [2.75, 3.05) is 0 Å². The first-order valence-electron chi connectivity index (χ1n) is 11.7. The van der Waals surface area contributed by atoms with Crippen LogP contribution in [0.4, 0.5) is 0 Å². The lowest BCUT2D eigenvalue weighted by atomic mass is 10.3. The molecule has 0 N–H and O–H groups in total. The number of ketones is 4. The van der Waals surface area contributed by atoms with E-state index in [0.29, 0.717) is 12.8 Å². The predicted molar refractivity (Wildman–Crippen MR) is 189 cm³/mol. The first kappa shape index (κ1) is 90.4. The molecule has 0 heterocycles. The van der Waals surface area contributed by atoms with Gasteiger partial charge in [-0.15, -0.1) is 6.58 Å². The molecule has 0 radical (unpaired) electrons. The average Bonchev–Trinajstić information content (AvgIpc) is 2.72. The molecule has 6 heteroatoms. The number of Topliss-reactive ketones (excluding diaryl/α,β-unsaturated/α-hetero) is 4. The normalized spacial score (nSPS) is 5.97. The third kappa shape index (κ3) is 454. The fraction of sp³-hybridized carbons (Fsp3) is 0.765. The van der Waals surface area contributed by atoms with Gasteiger partial charge in [0.15, 0.2) is 11.6 Å². The lowest BCUT2D eigenvalue weighted by molar-refractivity contribution is -0.134. The molecule has 0 amide bonds. The van der Waals surface area contributed by atoms with Crippen LogP contribution in [-0.2, 0) is 28.8 Å². The quantitative estimate of drug-likeness (QED) is 0.159. The van der Waals surface area contributed by atoms with Crippen molar-refractivity contribution in [3.05, 3.63) is 12.7 Å². The van der Waals surface area contributed by atoms with Gasteiger partial charge in [0.2, 0.25) is 0 Å². The summed E-state index contributed by atoms with van der Waals surface area (Å²) in [4.78, 5) is 57.1. The van der Waals surface area contributed by atoms with Crippen LogP contribution in [-0.4, -0.2) is 35.7 Å². The van der Waals surface area contributed by atoms with Gasteiger partial charge in [-0.2, -0.15) is 0 Å². The van der Waals surface area contributed by atoms with Crippen molar-refractivity contribution < 1.29 is 28.8 Å². The summed E-state index contributed by atoms with van der Waals surface area (Å²) in [6, 6.07) is 0. The van der Waals surface area contributed by atoms with Crippen molar-refractivity contribution in [1.29, 1.82) is 0 Å². The molecule has 0 spiro atoms. The summed E-state index contributed by atoms with van der Waals surface area (Å²) in [6.45, 7) is 22.5. The predicted octanol–water partition coefficient (Wildman–Crippen LogP) is 11.6. The number of unbranched alkanes of at least 4 members (excludes halogenated alkanes) is 4. The Labute approximate surface area is 256 Å². The zero-order chi connectivity index (χ0) is 28.1. The zero-order valence-corrected chi connectivity index (χ0v) is 23.5. The molecule has 0 atom stereocenters. The van der Waals surface area contributed by atoms with Gasteiger partial charge in [0, 0.05) is 26.7 Å². The molecule has 0 rings (SSSR count). The van der Waals surface area contributed by atoms with E-state index in [1.165, 1.54) is 60.3 Å². The molecule has 0 saturated heterocycles. The van der Waals surface area contributed by atoms with Gasteiger partial charge in [0.1, 0.15) is 24.1 Å². The van der Waals surface area contributed by atoms with Crippen LogP contribution in [0.25, 0.3) is 0 Å². The van der Waals surface area contributed by atoms with E-state index in [9.17, 15) is 24.0 Å². The van der Waals surface area contributed by atoms with Crippen molar-refractivity contribution >= 4 is 35.7 Å². The number of rotatable bonds is 8. The maximum absolute atomic E-state index is 9.81. The molecule has 0 aromatic heterocycles. The molecular weight excluding hydrogens is 504 g/mol. The Bertz CT molecular complexity index is 414. The molecule has 0 aliphatic carbocycles. The lowest BCUT2D eigenvalue weighted by Gasteiger charge is -1.79. The Hall–Kier alpha value is -2.24. The number of hydrogen-bond donors (Lipinski definition) is 0. The second-order valence-electron chi connectivity index (χ2n) is 6.70. The molecule has 254 valence electrons. The molecule has 6 nitrogen and oxygen atoms in total. The van der Waals surface area contributed by atoms with Crippen LogP contribution in [0.15, 0.2) is 12.7 Å². The first-order chi connectivity index (χ1) is 15.3. The van der Waals surface area contributed by atoms with Gasteiger partial charge in [0.25, 0.3) is 0 Å². The second kappa shape index (κ2) is 109. The highest BCUT2D eigenvalue weighted by Crippen LogP contribution is 1.88. The lowest BCUT2D eigenvalue weighted by Crippen LogP contribution is -2.01. The third-order valence-corrected chi connectivity index (χ3v) is 2.60. The van der Waals surface area contributed by atoms with Gasteiger partial charge >= 0.3 is 0 Å². The Morgan fingerprint density at radius 1 is 0.575 bits per heavy atom. The summed E-state index contributed by atoms with van der Waals surface area (Å²) < 4.78 is 0. The number of aldehydes is 2. The molecule has 0 aromatic rings. The highest BCUT2D eigenvalue weighted by molar-refractivity contribution is 6.35. The van der Waals surface area contributed by atoms with E-state index in [0.717, 1.165) is 25.4 Å². The summed E-state index contributed by atoms with van der Waals surface area (Å²) in [5.41, 5.74) is 0. The number of allylic oxidation sites excluding steroid dienone is 1. The van der Waals surface area contributed by atoms with Crippen LogP contribution in [0.3, 0.4) is 0 Å². The minimum Gasteiger partial charge on any atom is -0.304 e. The molecule has 0 aromatic carbocycles. The smallest absolute Gasteiger partial charge is 0.195 e. The minimum absolute atomic E-state index is 0. The molecule has 0 bridgehead atoms. The van der Waals surface area contributed by atoms with Crippen molar-refractivity contribution in [2.45, 2.75) is 180 Å². The third-order valence-electron chi connectivity index (χ3n) is 2.60. The van der Waals surface area contributed by atoms with Crippen molar-refractivity contribution in [1.82, 2.24) is 0 Å². The van der Waals surface area contributed by atoms with Crippen LogP contribution in [0.2, 0.25) is 0 Å². The van der Waals surface area contributed by atoms with Gasteiger partial charge < -0.3 is 19.2 Å². The van der Waals surface area contributed by atoms with Crippen LogP contribution in [0, 0.1) is 0 Å². The van der Waals surface area contributed by atoms with E-state index in [1.54, 1.807) is 6.92 Å². The van der Waals surface area contributed by atoms with E-state index >= 15 is 0 Å². The highest BCUT2D eigenvalue weighted by atomic mass is 16.2. The summed E-state index contributed by atoms with van der Waals surface area (Å²) in [5.74, 6) is -0.338. The van der Waals surface area contributed by atoms with Crippen LogP contribution < -0.4 is 0 Å². The maximum Gasteiger partial charge on any atom is 0.195 e. The number of carbonyl (C=O) groups is 6. The molecule has 0 fully saturated rings. The minimum atomic E-state index is -0.380. The van der Waals surface area contributed by atoms with E-state index in [1.807, 2.05) is 19.9 Å². The Kier molecular flexibility index (Phi) is 246. The standard InChI is InChI=1S/C5H12.C5H10.C4H6O2.2C4H8O.C3H6O.C2H4O.7CH4/c2*1-3-5-4-2;1-3(5)4(2)6;1-3-4(2)5;1-2-3-4-5;1-3(2)4;1-2-3;;;;;;;/h3-5H2,1-2H3;3H,1,4-5H2,2H3;1-2H3;3H2,1-2H3;4H,2-3H2,1H3;1-2H3;2H,1H3;7*1H4. The Balaban J connectivity index is -0.0000000161. The molecular formula is C34H82O6. The zero-order valence-electron chi connectivity index (χ0n) is 23.5. The molecule has 0 saturated carbocycles. The van der Waals surface area contributed by atoms with Gasteiger partial charge in [-0.3, -0.25) is 9.59 Å². The summed E-state index contributed by atoms with van der Waals surface area (Å²) in [7, 11) is 0. The van der Waals surface area contributed by atoms with Crippen LogP contribution >= 0.6 is 0 Å². The SMILES string of the molecule is C.C.C.C.C.C.C.C=CCCC.CC(=O)C(C)=O.CC(C)=O.CC=O.CCC(C)=O.CCCC=O.CCCCC. The number of carbonyl (C=O) groups excluding carboxylic acids is 6. The second-order valence-corrected chi connectivity index (χ2v) is 6.70. The molecule has 40 heavy (non-hydrogen) atoms. The van der Waals surface area contributed by atoms with Crippen LogP contribution in [0.5, 0.6) is 0 Å². The maximum atomic E-state index is 9.81. The highest BCUT2D eigenvalue weighted by Gasteiger charge is 1.94. The monoisotopic (exact) mass is 587 g/mol. The van der Waals surface area contributed by atoms with E-state index in [-0.39, 0.29) is 75.1 Å². The first-order valence-corrected chi connectivity index (χ1v) is 11.7. The van der Waals surface area contributed by atoms with Crippen molar-refractivity contribution in [2.24, 2.45) is 0 Å². The summed E-state index contributed by atoms with van der Waals surface area (Å²) >= 11 is 0. The molecule has 0 aliphatic rings.